The third-order valence-electron chi connectivity index (χ3n) is 6.47. The van der Waals surface area contributed by atoms with Gasteiger partial charge in [0.1, 0.15) is 10.9 Å². The molecule has 8 heteroatoms. The van der Waals surface area contributed by atoms with Crippen LogP contribution in [-0.4, -0.2) is 32.6 Å². The summed E-state index contributed by atoms with van der Waals surface area (Å²) in [6.45, 7) is 1.74. The first-order valence-electron chi connectivity index (χ1n) is 10.4. The zero-order valence-corrected chi connectivity index (χ0v) is 17.8. The fourth-order valence-corrected chi connectivity index (χ4v) is 7.12. The van der Waals surface area contributed by atoms with Crippen molar-refractivity contribution >= 4 is 32.7 Å². The fraction of sp³-hybridized carbons (Fsp3) is 0.391. The Morgan fingerprint density at radius 1 is 1.23 bits per heavy atom. The number of rotatable bonds is 4. The van der Waals surface area contributed by atoms with Crippen LogP contribution in [0.25, 0.3) is 0 Å². The van der Waals surface area contributed by atoms with Crippen molar-refractivity contribution in [2.45, 2.75) is 38.6 Å². The molecule has 2 atom stereocenters. The van der Waals surface area contributed by atoms with Crippen molar-refractivity contribution in [3.8, 4) is 6.07 Å². The molecule has 5 nitrogen and oxygen atoms in total. The highest BCUT2D eigenvalue weighted by Crippen LogP contribution is 2.54. The van der Waals surface area contributed by atoms with E-state index in [1.54, 1.807) is 6.92 Å². The molecule has 1 aliphatic carbocycles. The molecule has 0 bridgehead atoms. The van der Waals surface area contributed by atoms with Crippen molar-refractivity contribution < 1.29 is 18.4 Å². The van der Waals surface area contributed by atoms with Crippen molar-refractivity contribution in [2.24, 2.45) is 5.92 Å². The molecule has 1 aromatic carbocycles. The van der Waals surface area contributed by atoms with Crippen molar-refractivity contribution in [3.05, 3.63) is 52.3 Å². The molecule has 2 aliphatic heterocycles. The summed E-state index contributed by atoms with van der Waals surface area (Å²) in [5, 5.41) is 12.4. The lowest BCUT2D eigenvalue weighted by Gasteiger charge is -2.10. The van der Waals surface area contributed by atoms with Crippen molar-refractivity contribution in [3.63, 3.8) is 0 Å². The molecule has 2 aromatic rings. The average Bonchev–Trinajstić information content (AvgIpc) is 3.05. The molecule has 160 valence electrons. The van der Waals surface area contributed by atoms with Gasteiger partial charge in [0.15, 0.2) is 11.6 Å². The van der Waals surface area contributed by atoms with Gasteiger partial charge in [0.25, 0.3) is 5.91 Å². The van der Waals surface area contributed by atoms with Gasteiger partial charge in [-0.25, -0.2) is 8.78 Å². The first-order chi connectivity index (χ1) is 14.9. The summed E-state index contributed by atoms with van der Waals surface area (Å²) in [6.07, 6.45) is 3.73. The predicted octanol–water partition coefficient (Wildman–Crippen LogP) is 4.39. The van der Waals surface area contributed by atoms with E-state index in [1.807, 2.05) is 4.57 Å². The fourth-order valence-electron chi connectivity index (χ4n) is 4.91. The Hall–Kier alpha value is -2.79. The van der Waals surface area contributed by atoms with Crippen LogP contribution in [0.1, 0.15) is 57.4 Å². The third kappa shape index (κ3) is 3.23. The first kappa shape index (κ1) is 20.1. The van der Waals surface area contributed by atoms with Crippen molar-refractivity contribution in [1.82, 2.24) is 4.57 Å². The summed E-state index contributed by atoms with van der Waals surface area (Å²) in [5.41, 5.74) is 2.37. The minimum Gasteiger partial charge on any atom is -0.337 e. The molecule has 3 heterocycles. The van der Waals surface area contributed by atoms with E-state index in [0.717, 1.165) is 48.6 Å². The Labute approximate surface area is 181 Å². The van der Waals surface area contributed by atoms with Crippen LogP contribution in [0.3, 0.4) is 0 Å². The molecule has 1 saturated carbocycles. The van der Waals surface area contributed by atoms with Gasteiger partial charge >= 0.3 is 0 Å². The number of carbonyl (C=O) groups excluding carboxylic acids is 2. The number of aromatic nitrogens is 1. The highest BCUT2D eigenvalue weighted by atomic mass is 32.2. The van der Waals surface area contributed by atoms with Gasteiger partial charge in [-0.2, -0.15) is 15.7 Å². The molecule has 0 radical (unpaired) electrons. The highest BCUT2D eigenvalue weighted by molar-refractivity contribution is 8.17. The van der Waals surface area contributed by atoms with Crippen LogP contribution in [0.4, 0.5) is 14.5 Å². The predicted molar refractivity (Wildman–Crippen MR) is 116 cm³/mol. The van der Waals surface area contributed by atoms with Crippen LogP contribution in [0.2, 0.25) is 0 Å². The number of amides is 1. The minimum absolute atomic E-state index is 0.149. The third-order valence-corrected chi connectivity index (χ3v) is 8.89. The van der Waals surface area contributed by atoms with E-state index in [2.05, 4.69) is 11.4 Å². The van der Waals surface area contributed by atoms with E-state index in [9.17, 15) is 23.6 Å². The Morgan fingerprint density at radius 3 is 2.65 bits per heavy atom. The molecular formula is C23H21F2N3O2S. The summed E-state index contributed by atoms with van der Waals surface area (Å²) in [6, 6.07) is 5.56. The standard InChI is InChI=1S/C23H21F2N3O2S/c1-12-20(23(30)27-14-4-5-15(24)16(25)10-14)18-9-13-8-17(13)28(18)21(12)22(29)19(11-26)31-6-2-3-7-31/h4-5,10,13,17H,2-3,6-9H2,1H3,(H,27,30)/t13-,17-/m1/s1. The maximum Gasteiger partial charge on any atom is 0.257 e. The molecule has 0 unspecified atom stereocenters. The van der Waals surface area contributed by atoms with Gasteiger partial charge in [-0.05, 0) is 67.7 Å². The number of ketones is 1. The number of nitrogens with zero attached hydrogens (tertiary/aromatic N) is 2. The zero-order chi connectivity index (χ0) is 21.9. The summed E-state index contributed by atoms with van der Waals surface area (Å²) in [5.74, 6) is -0.580. The number of anilines is 1. The lowest BCUT2D eigenvalue weighted by atomic mass is 10.0. The molecule has 1 N–H and O–H groups in total. The largest absolute Gasteiger partial charge is 0.337 e. The van der Waals surface area contributed by atoms with Gasteiger partial charge in [0.2, 0.25) is 5.78 Å². The first-order valence-corrected chi connectivity index (χ1v) is 12.0. The molecule has 2 fully saturated rings. The Kier molecular flexibility index (Phi) is 4.82. The lowest BCUT2D eigenvalue weighted by molar-refractivity contribution is 0.102. The van der Waals surface area contributed by atoms with E-state index in [1.165, 1.54) is 6.07 Å². The van der Waals surface area contributed by atoms with Crippen LogP contribution < -0.4 is 5.32 Å². The number of hydrogen-bond acceptors (Lipinski definition) is 3. The molecule has 1 saturated heterocycles. The summed E-state index contributed by atoms with van der Waals surface area (Å²) < 4.78 is 28.8. The van der Waals surface area contributed by atoms with Gasteiger partial charge in [-0.3, -0.25) is 9.59 Å². The molecule has 1 amide bonds. The smallest absolute Gasteiger partial charge is 0.257 e. The SMILES string of the molecule is Cc1c(C(=O)Nc2ccc(F)c(F)c2)c2n(c1C(=O)C(C#N)=S1CCCC1)[C@@H]1C[C@@H]1C2. The monoisotopic (exact) mass is 441 g/mol. The summed E-state index contributed by atoms with van der Waals surface area (Å²) >= 11 is 0. The van der Waals surface area contributed by atoms with Crippen molar-refractivity contribution in [2.75, 3.05) is 16.8 Å². The van der Waals surface area contributed by atoms with Crippen molar-refractivity contribution in [1.29, 1.82) is 5.26 Å². The van der Waals surface area contributed by atoms with Gasteiger partial charge in [-0.1, -0.05) is 0 Å². The zero-order valence-electron chi connectivity index (χ0n) is 17.0. The van der Waals surface area contributed by atoms with Gasteiger partial charge in [0.05, 0.1) is 11.3 Å². The Morgan fingerprint density at radius 2 is 1.97 bits per heavy atom. The van der Waals surface area contributed by atoms with Crippen LogP contribution in [0, 0.1) is 35.8 Å². The molecule has 0 spiro atoms. The number of hydrogen-bond donors (Lipinski definition) is 1. The van der Waals surface area contributed by atoms with E-state index in [0.29, 0.717) is 34.0 Å². The normalized spacial score (nSPS) is 21.4. The molecule has 1 aromatic heterocycles. The summed E-state index contributed by atoms with van der Waals surface area (Å²) in [7, 11) is -0.321. The van der Waals surface area contributed by atoms with Crippen LogP contribution >= 0.6 is 10.5 Å². The maximum absolute atomic E-state index is 13.6. The number of halogens is 2. The second-order valence-corrected chi connectivity index (χ2v) is 10.6. The van der Waals surface area contributed by atoms with E-state index < -0.39 is 17.5 Å². The highest BCUT2D eigenvalue weighted by Gasteiger charge is 2.50. The van der Waals surface area contributed by atoms with E-state index in [-0.39, 0.29) is 28.0 Å². The molecule has 3 aliphatic rings. The molecular weight excluding hydrogens is 420 g/mol. The van der Waals surface area contributed by atoms with E-state index >= 15 is 0 Å². The second kappa shape index (κ2) is 7.41. The van der Waals surface area contributed by atoms with Gasteiger partial charge in [0, 0.05) is 23.5 Å². The van der Waals surface area contributed by atoms with Crippen LogP contribution in [0.15, 0.2) is 18.2 Å². The number of benzene rings is 1. The number of nitrogens with one attached hydrogen (secondary N) is 1. The lowest BCUT2D eigenvalue weighted by Crippen LogP contribution is -2.19. The topological polar surface area (TPSA) is 74.9 Å². The molecule has 5 rings (SSSR count). The minimum atomic E-state index is -1.04. The van der Waals surface area contributed by atoms with Crippen LogP contribution in [-0.2, 0) is 6.42 Å². The average molecular weight is 442 g/mol. The van der Waals surface area contributed by atoms with E-state index in [4.69, 9.17) is 0 Å². The molecule has 31 heavy (non-hydrogen) atoms. The number of Topliss-reactive ketones (excluding diaryl/α,β-unsaturated/α-hetero) is 1. The van der Waals surface area contributed by atoms with Crippen LogP contribution in [0.5, 0.6) is 0 Å². The number of fused-ring (bicyclic) bond motifs is 3. The Balaban J connectivity index is 1.56. The van der Waals surface area contributed by atoms with Gasteiger partial charge < -0.3 is 9.88 Å². The number of carbonyl (C=O) groups is 2. The second-order valence-electron chi connectivity index (χ2n) is 8.39. The number of nitriles is 1. The maximum atomic E-state index is 13.6. The van der Waals surface area contributed by atoms with Gasteiger partial charge in [-0.15, -0.1) is 0 Å². The summed E-state index contributed by atoms with van der Waals surface area (Å²) in [4.78, 5) is 26.9. The Bertz CT molecular complexity index is 1220. The quantitative estimate of drug-likeness (QED) is 0.565.